The summed E-state index contributed by atoms with van der Waals surface area (Å²) in [6, 6.07) is 8.70. The molecule has 0 aromatic heterocycles. The summed E-state index contributed by atoms with van der Waals surface area (Å²) in [4.78, 5) is 12.1. The third-order valence-electron chi connectivity index (χ3n) is 4.83. The number of hydrogen-bond donors (Lipinski definition) is 2. The number of alkyl carbamates (subject to hydrolysis) is 1. The molecule has 0 spiro atoms. The fourth-order valence-corrected chi connectivity index (χ4v) is 2.91. The third kappa shape index (κ3) is 10.3. The predicted molar refractivity (Wildman–Crippen MR) is 115 cm³/mol. The molecule has 4 heteroatoms. The topological polar surface area (TPSA) is 50.4 Å². The first kappa shape index (κ1) is 23.3. The molecule has 2 N–H and O–H groups in total. The van der Waals surface area contributed by atoms with Crippen molar-refractivity contribution in [3.63, 3.8) is 0 Å². The van der Waals surface area contributed by atoms with Crippen LogP contribution in [0.5, 0.6) is 0 Å². The van der Waals surface area contributed by atoms with Crippen LogP contribution in [0.4, 0.5) is 10.5 Å². The van der Waals surface area contributed by atoms with Gasteiger partial charge in [-0.1, -0.05) is 58.6 Å². The summed E-state index contributed by atoms with van der Waals surface area (Å²) in [5.41, 5.74) is 2.00. The fourth-order valence-electron chi connectivity index (χ4n) is 2.91. The summed E-state index contributed by atoms with van der Waals surface area (Å²) in [7, 11) is 0. The number of benzene rings is 1. The Morgan fingerprint density at radius 3 is 2.30 bits per heavy atom. The molecule has 0 unspecified atom stereocenters. The highest BCUT2D eigenvalue weighted by Gasteiger charge is 2.22. The minimum Gasteiger partial charge on any atom is -0.444 e. The summed E-state index contributed by atoms with van der Waals surface area (Å²) in [6.45, 7) is 12.9. The summed E-state index contributed by atoms with van der Waals surface area (Å²) in [6.07, 6.45) is 6.96. The molecule has 0 bridgehead atoms. The summed E-state index contributed by atoms with van der Waals surface area (Å²) >= 11 is 0. The molecule has 2 atom stereocenters. The average molecular weight is 377 g/mol. The first-order valence-electron chi connectivity index (χ1n) is 10.6. The number of nitrogens with one attached hydrogen (secondary N) is 2. The minimum atomic E-state index is -0.482. The smallest absolute Gasteiger partial charge is 0.407 e. The molecule has 0 fully saturated rings. The molecule has 0 saturated carbocycles. The SMILES string of the molecule is CCCCCCc1ccc(NC[C@@H](NC(=O)OC(C)(C)C)[C@@H](C)CC)cc1. The van der Waals surface area contributed by atoms with Crippen molar-refractivity contribution >= 4 is 11.8 Å². The van der Waals surface area contributed by atoms with Crippen molar-refractivity contribution in [2.24, 2.45) is 5.92 Å². The van der Waals surface area contributed by atoms with Gasteiger partial charge in [0.25, 0.3) is 0 Å². The van der Waals surface area contributed by atoms with Crippen LogP contribution in [0.1, 0.15) is 79.2 Å². The molecule has 1 rings (SSSR count). The molecular weight excluding hydrogens is 336 g/mol. The average Bonchev–Trinajstić information content (AvgIpc) is 2.61. The number of carbonyl (C=O) groups excluding carboxylic acids is 1. The van der Waals surface area contributed by atoms with Crippen molar-refractivity contribution in [3.8, 4) is 0 Å². The lowest BCUT2D eigenvalue weighted by Crippen LogP contribution is -2.45. The van der Waals surface area contributed by atoms with Gasteiger partial charge in [-0.3, -0.25) is 0 Å². The first-order chi connectivity index (χ1) is 12.7. The number of amides is 1. The van der Waals surface area contributed by atoms with E-state index in [1.54, 1.807) is 0 Å². The lowest BCUT2D eigenvalue weighted by Gasteiger charge is -2.27. The Morgan fingerprint density at radius 1 is 1.07 bits per heavy atom. The summed E-state index contributed by atoms with van der Waals surface area (Å²) in [5, 5.41) is 6.48. The van der Waals surface area contributed by atoms with Crippen molar-refractivity contribution in [2.75, 3.05) is 11.9 Å². The quantitative estimate of drug-likeness (QED) is 0.455. The highest BCUT2D eigenvalue weighted by molar-refractivity contribution is 5.68. The van der Waals surface area contributed by atoms with E-state index >= 15 is 0 Å². The second-order valence-corrected chi connectivity index (χ2v) is 8.53. The van der Waals surface area contributed by atoms with Gasteiger partial charge in [0.1, 0.15) is 5.60 Å². The van der Waals surface area contributed by atoms with E-state index in [-0.39, 0.29) is 12.1 Å². The number of anilines is 1. The number of ether oxygens (including phenoxy) is 1. The normalized spacial score (nSPS) is 13.7. The number of aryl methyl sites for hydroxylation is 1. The van der Waals surface area contributed by atoms with E-state index < -0.39 is 5.60 Å². The van der Waals surface area contributed by atoms with Gasteiger partial charge in [0, 0.05) is 12.2 Å². The van der Waals surface area contributed by atoms with Crippen molar-refractivity contribution in [3.05, 3.63) is 29.8 Å². The number of hydrogen-bond acceptors (Lipinski definition) is 3. The van der Waals surface area contributed by atoms with E-state index in [2.05, 4.69) is 55.7 Å². The molecule has 0 heterocycles. The van der Waals surface area contributed by atoms with E-state index in [1.807, 2.05) is 20.8 Å². The second-order valence-electron chi connectivity index (χ2n) is 8.53. The van der Waals surface area contributed by atoms with Crippen LogP contribution in [0.2, 0.25) is 0 Å². The molecular formula is C23H40N2O2. The Kier molecular flexibility index (Phi) is 10.3. The molecule has 0 aliphatic heterocycles. The molecule has 27 heavy (non-hydrogen) atoms. The zero-order valence-electron chi connectivity index (χ0n) is 18.2. The lowest BCUT2D eigenvalue weighted by atomic mass is 9.99. The van der Waals surface area contributed by atoms with Gasteiger partial charge in [0.05, 0.1) is 6.04 Å². The summed E-state index contributed by atoms with van der Waals surface area (Å²) in [5.74, 6) is 0.364. The van der Waals surface area contributed by atoms with Gasteiger partial charge in [-0.2, -0.15) is 0 Å². The van der Waals surface area contributed by atoms with E-state index in [4.69, 9.17) is 4.74 Å². The second kappa shape index (κ2) is 11.9. The highest BCUT2D eigenvalue weighted by atomic mass is 16.6. The monoisotopic (exact) mass is 376 g/mol. The van der Waals surface area contributed by atoms with Crippen LogP contribution < -0.4 is 10.6 Å². The number of carbonyl (C=O) groups is 1. The van der Waals surface area contributed by atoms with E-state index in [1.165, 1.54) is 31.2 Å². The van der Waals surface area contributed by atoms with Gasteiger partial charge in [-0.05, 0) is 57.2 Å². The minimum absolute atomic E-state index is 0.0265. The predicted octanol–water partition coefficient (Wildman–Crippen LogP) is 6.16. The van der Waals surface area contributed by atoms with Crippen LogP contribution in [-0.4, -0.2) is 24.3 Å². The van der Waals surface area contributed by atoms with E-state index in [9.17, 15) is 4.79 Å². The standard InChI is InChI=1S/C23H40N2O2/c1-7-9-10-11-12-19-13-15-20(16-14-19)24-17-21(18(3)8-2)25-22(26)27-23(4,5)6/h13-16,18,21,24H,7-12,17H2,1-6H3,(H,25,26)/t18-,21+/m0/s1. The largest absolute Gasteiger partial charge is 0.444 e. The van der Waals surface area contributed by atoms with Crippen molar-refractivity contribution in [2.45, 2.75) is 91.7 Å². The van der Waals surface area contributed by atoms with Crippen molar-refractivity contribution in [1.82, 2.24) is 5.32 Å². The molecule has 1 aromatic rings. The van der Waals surface area contributed by atoms with Crippen LogP contribution in [0, 0.1) is 5.92 Å². The maximum Gasteiger partial charge on any atom is 0.407 e. The fraction of sp³-hybridized carbons (Fsp3) is 0.696. The van der Waals surface area contributed by atoms with E-state index in [0.29, 0.717) is 12.5 Å². The molecule has 1 aromatic carbocycles. The van der Waals surface area contributed by atoms with E-state index in [0.717, 1.165) is 18.5 Å². The first-order valence-corrected chi connectivity index (χ1v) is 10.6. The van der Waals surface area contributed by atoms with Crippen LogP contribution in [-0.2, 0) is 11.2 Å². The van der Waals surface area contributed by atoms with Crippen LogP contribution in [0.3, 0.4) is 0 Å². The van der Waals surface area contributed by atoms with Crippen molar-refractivity contribution in [1.29, 1.82) is 0 Å². The zero-order chi connectivity index (χ0) is 20.3. The van der Waals surface area contributed by atoms with Crippen LogP contribution in [0.25, 0.3) is 0 Å². The molecule has 0 radical (unpaired) electrons. The van der Waals surface area contributed by atoms with Gasteiger partial charge in [-0.25, -0.2) is 4.79 Å². The maximum absolute atomic E-state index is 12.1. The van der Waals surface area contributed by atoms with Gasteiger partial charge in [0.2, 0.25) is 0 Å². The Labute approximate surface area is 166 Å². The third-order valence-corrected chi connectivity index (χ3v) is 4.83. The van der Waals surface area contributed by atoms with Gasteiger partial charge < -0.3 is 15.4 Å². The highest BCUT2D eigenvalue weighted by Crippen LogP contribution is 2.15. The molecule has 0 aliphatic rings. The van der Waals surface area contributed by atoms with Gasteiger partial charge in [-0.15, -0.1) is 0 Å². The Bertz CT molecular complexity index is 534. The van der Waals surface area contributed by atoms with Crippen LogP contribution >= 0.6 is 0 Å². The van der Waals surface area contributed by atoms with Gasteiger partial charge >= 0.3 is 6.09 Å². The Hall–Kier alpha value is -1.71. The van der Waals surface area contributed by atoms with Gasteiger partial charge in [0.15, 0.2) is 0 Å². The summed E-state index contributed by atoms with van der Waals surface area (Å²) < 4.78 is 5.41. The van der Waals surface area contributed by atoms with Crippen molar-refractivity contribution < 1.29 is 9.53 Å². The number of unbranched alkanes of at least 4 members (excludes halogenated alkanes) is 3. The molecule has 1 amide bonds. The molecule has 0 aliphatic carbocycles. The lowest BCUT2D eigenvalue weighted by molar-refractivity contribution is 0.0491. The molecule has 154 valence electrons. The molecule has 4 nitrogen and oxygen atoms in total. The maximum atomic E-state index is 12.1. The molecule has 0 saturated heterocycles. The number of rotatable bonds is 11. The Balaban J connectivity index is 2.53. The zero-order valence-corrected chi connectivity index (χ0v) is 18.2. The Morgan fingerprint density at radius 2 is 1.74 bits per heavy atom. The van der Waals surface area contributed by atoms with Crippen LogP contribution in [0.15, 0.2) is 24.3 Å².